The molecule has 5 fully saturated rings. The van der Waals surface area contributed by atoms with Crippen LogP contribution in [0.15, 0.2) is 249 Å². The second kappa shape index (κ2) is 24.4. The molecule has 0 saturated heterocycles. The molecule has 500 valence electrons. The molecule has 0 radical (unpaired) electrons. The van der Waals surface area contributed by atoms with Crippen molar-refractivity contribution in [2.24, 2.45) is 34.5 Å². The minimum Gasteiger partial charge on any atom is -0.492 e. The predicted molar refractivity (Wildman–Crippen MR) is 393 cm³/mol. The number of hydrogen-bond acceptors (Lipinski definition) is 10. The van der Waals surface area contributed by atoms with Crippen molar-refractivity contribution >= 4 is 99.2 Å². The van der Waals surface area contributed by atoms with Gasteiger partial charge in [0.25, 0.3) is 0 Å². The Morgan fingerprint density at radius 2 is 0.554 bits per heavy atom. The summed E-state index contributed by atoms with van der Waals surface area (Å²) in [4.78, 5) is 27.9. The van der Waals surface area contributed by atoms with E-state index in [0.29, 0.717) is 92.7 Å². The summed E-state index contributed by atoms with van der Waals surface area (Å²) in [5.41, 5.74) is 9.96. The summed E-state index contributed by atoms with van der Waals surface area (Å²) in [5.74, 6) is 3.71. The van der Waals surface area contributed by atoms with E-state index in [0.717, 1.165) is 61.7 Å². The highest BCUT2D eigenvalue weighted by atomic mass is 16.5. The zero-order valence-corrected chi connectivity index (χ0v) is 55.8. The van der Waals surface area contributed by atoms with E-state index in [1.165, 1.54) is 50.2 Å². The fourth-order valence-corrected chi connectivity index (χ4v) is 18.4. The molecule has 20 rings (SSSR count). The number of benzene rings is 11. The molecular formula is C87H72N4O10. The van der Waals surface area contributed by atoms with E-state index >= 15 is 0 Å². The lowest BCUT2D eigenvalue weighted by molar-refractivity contribution is -0.171. The summed E-state index contributed by atoms with van der Waals surface area (Å²) in [6.45, 7) is 4.27. The molecule has 15 aromatic rings. The van der Waals surface area contributed by atoms with Gasteiger partial charge in [-0.2, -0.15) is 0 Å². The molecule has 101 heavy (non-hydrogen) atoms. The monoisotopic (exact) mass is 1330 g/mol. The van der Waals surface area contributed by atoms with Crippen LogP contribution in [0.4, 0.5) is 0 Å². The molecular weight excluding hydrogens is 1260 g/mol. The average molecular weight is 1330 g/mol. The number of aromatic nitrogens is 4. The molecule has 0 aliphatic heterocycles. The average Bonchev–Trinajstić information content (AvgIpc) is 1.37. The van der Waals surface area contributed by atoms with Crippen LogP contribution in [0.1, 0.15) is 23.1 Å². The fourth-order valence-electron chi connectivity index (χ4n) is 18.4. The third-order valence-electron chi connectivity index (χ3n) is 22.4. The van der Waals surface area contributed by atoms with Gasteiger partial charge < -0.3 is 56.2 Å². The zero-order valence-electron chi connectivity index (χ0n) is 55.8. The third-order valence-corrected chi connectivity index (χ3v) is 22.4. The number of rotatable bonds is 26. The fraction of sp³-hybridized carbons (Fsp3) is 0.218. The first-order chi connectivity index (χ1) is 49.8. The van der Waals surface area contributed by atoms with Crippen molar-refractivity contribution in [3.05, 3.63) is 265 Å². The lowest BCUT2D eigenvalue weighted by Crippen LogP contribution is -2.45. The Kier molecular flexibility index (Phi) is 14.6. The van der Waals surface area contributed by atoms with Crippen molar-refractivity contribution in [3.8, 4) is 34.5 Å². The molecule has 14 heteroatoms. The van der Waals surface area contributed by atoms with E-state index in [1.54, 1.807) is 0 Å². The molecule has 5 aliphatic carbocycles. The van der Waals surface area contributed by atoms with Crippen molar-refractivity contribution in [3.63, 3.8) is 0 Å². The van der Waals surface area contributed by atoms with E-state index in [-0.39, 0.29) is 55.4 Å². The SMILES string of the molecule is COC(=O)C12C3CC4C(C31)C42C(=O)OCc1cc(OCc2cc(OCCn3c4ccccc4c4ccccc43)cc(OCCn3c4ccccc4c4ccccc43)c2)cc(OCc2cc(OCCn3c4ccccc4c4ccccc43)cc(OCCn3c4ccccc4c4ccccc43)c2)c1. The van der Waals surface area contributed by atoms with Crippen LogP contribution in [0.3, 0.4) is 0 Å². The van der Waals surface area contributed by atoms with Gasteiger partial charge in [0.2, 0.25) is 0 Å². The largest absolute Gasteiger partial charge is 0.492 e. The van der Waals surface area contributed by atoms with Crippen LogP contribution in [-0.2, 0) is 65.1 Å². The number of methoxy groups -OCH3 is 1. The number of carbonyl (C=O) groups excluding carboxylic acids is 2. The van der Waals surface area contributed by atoms with Crippen LogP contribution < -0.4 is 28.4 Å². The third kappa shape index (κ3) is 9.87. The number of esters is 2. The maximum Gasteiger partial charge on any atom is 0.314 e. The minimum atomic E-state index is -0.803. The quantitative estimate of drug-likeness (QED) is 0.0484. The summed E-state index contributed by atoms with van der Waals surface area (Å²) in [6.07, 6.45) is 0.866. The molecule has 4 aromatic heterocycles. The summed E-state index contributed by atoms with van der Waals surface area (Å²) in [5, 5.41) is 9.63. The number of nitrogens with zero attached hydrogens (tertiary/aromatic N) is 4. The first-order valence-electron chi connectivity index (χ1n) is 35.1. The van der Waals surface area contributed by atoms with Crippen LogP contribution in [0, 0.1) is 34.5 Å². The Bertz CT molecular complexity index is 4990. The van der Waals surface area contributed by atoms with E-state index in [9.17, 15) is 9.59 Å². The Balaban J connectivity index is 0.616. The van der Waals surface area contributed by atoms with Crippen LogP contribution in [0.25, 0.3) is 87.2 Å². The van der Waals surface area contributed by atoms with E-state index in [2.05, 4.69) is 212 Å². The minimum absolute atomic E-state index is 0.0569. The maximum absolute atomic E-state index is 14.5. The van der Waals surface area contributed by atoms with Crippen molar-refractivity contribution < 1.29 is 47.5 Å². The van der Waals surface area contributed by atoms with Crippen molar-refractivity contribution in [2.45, 2.75) is 52.4 Å². The standard InChI is InChI=1S/C87H72N4O10/c1-94-84(92)86-72-51-73-83(82(72)86)87(73,86)85(93)101-54-57-46-62(99-52-55-42-58(95-38-34-88-74-26-10-2-18-64(74)65-19-3-11-27-75(65)88)48-59(43-55)96-39-35-89-76-28-12-4-20-66(76)67-21-5-13-29-77(67)89)50-63(47-57)100-53-56-44-60(97-40-36-90-78-30-14-6-22-68(78)69-23-7-15-31-79(69)90)49-61(45-56)98-41-37-91-80-32-16-8-24-70(80)71-25-9-17-33-81(71)91/h2-33,42-50,72-73,82-83H,34-41,51-54H2,1H3. The van der Waals surface area contributed by atoms with Crippen molar-refractivity contribution in [2.75, 3.05) is 33.5 Å². The van der Waals surface area contributed by atoms with E-state index in [4.69, 9.17) is 37.9 Å². The Hall–Kier alpha value is -11.6. The van der Waals surface area contributed by atoms with Gasteiger partial charge in [-0.15, -0.1) is 0 Å². The highest BCUT2D eigenvalue weighted by Crippen LogP contribution is 3.05. The van der Waals surface area contributed by atoms with Gasteiger partial charge >= 0.3 is 11.9 Å². The smallest absolute Gasteiger partial charge is 0.314 e. The van der Waals surface area contributed by atoms with Gasteiger partial charge in [-0.05, 0) is 132 Å². The highest BCUT2D eigenvalue weighted by Gasteiger charge is 3.10. The van der Waals surface area contributed by atoms with Gasteiger partial charge in [-0.1, -0.05) is 146 Å². The van der Waals surface area contributed by atoms with E-state index in [1.807, 2.05) is 54.6 Å². The Morgan fingerprint density at radius 3 is 0.812 bits per heavy atom. The molecule has 5 saturated carbocycles. The van der Waals surface area contributed by atoms with Crippen molar-refractivity contribution in [1.29, 1.82) is 0 Å². The first-order valence-corrected chi connectivity index (χ1v) is 35.1. The van der Waals surface area contributed by atoms with Gasteiger partial charge in [0.05, 0.1) is 44.1 Å². The molecule has 14 nitrogen and oxygen atoms in total. The number of para-hydroxylation sites is 8. The highest BCUT2D eigenvalue weighted by molar-refractivity contribution is 6.11. The van der Waals surface area contributed by atoms with Gasteiger partial charge in [-0.3, -0.25) is 9.59 Å². The second-order valence-corrected chi connectivity index (χ2v) is 27.5. The number of hydrogen-bond donors (Lipinski definition) is 0. The Labute approximate surface area is 582 Å². The number of ether oxygens (including phenoxy) is 8. The molecule has 0 amide bonds. The van der Waals surface area contributed by atoms with Crippen molar-refractivity contribution in [1.82, 2.24) is 18.3 Å². The lowest BCUT2D eigenvalue weighted by atomic mass is 9.72. The normalized spacial score (nSPS) is 19.1. The maximum atomic E-state index is 14.5. The molecule has 4 heterocycles. The first kappa shape index (κ1) is 60.5. The second-order valence-electron chi connectivity index (χ2n) is 27.5. The summed E-state index contributed by atoms with van der Waals surface area (Å²) in [7, 11) is 1.42. The van der Waals surface area contributed by atoms with Crippen LogP contribution in [0.2, 0.25) is 0 Å². The van der Waals surface area contributed by atoms with Crippen LogP contribution >= 0.6 is 0 Å². The van der Waals surface area contributed by atoms with E-state index < -0.39 is 10.8 Å². The molecule has 2 bridgehead atoms. The molecule has 5 aliphatic rings. The van der Waals surface area contributed by atoms with Crippen LogP contribution in [-0.4, -0.2) is 63.7 Å². The number of fused-ring (bicyclic) bond motifs is 12. The van der Waals surface area contributed by atoms with Gasteiger partial charge in [-0.25, -0.2) is 0 Å². The lowest BCUT2D eigenvalue weighted by Gasteiger charge is -2.32. The van der Waals surface area contributed by atoms with Gasteiger partial charge in [0, 0.05) is 105 Å². The summed E-state index contributed by atoms with van der Waals surface area (Å²) in [6, 6.07) is 85.6. The topological polar surface area (TPSA) is 128 Å². The number of carbonyl (C=O) groups is 2. The summed E-state index contributed by atoms with van der Waals surface area (Å²) >= 11 is 0. The van der Waals surface area contributed by atoms with Gasteiger partial charge in [0.1, 0.15) is 80.7 Å². The predicted octanol–water partition coefficient (Wildman–Crippen LogP) is 17.7. The molecule has 6 unspecified atom stereocenters. The van der Waals surface area contributed by atoms with Gasteiger partial charge in [0.15, 0.2) is 0 Å². The Morgan fingerprint density at radius 1 is 0.317 bits per heavy atom. The van der Waals surface area contributed by atoms with Crippen LogP contribution in [0.5, 0.6) is 34.5 Å². The molecule has 0 spiro atoms. The molecule has 0 N–H and O–H groups in total. The zero-order chi connectivity index (χ0) is 67.3. The summed E-state index contributed by atoms with van der Waals surface area (Å²) < 4.78 is 61.5. The molecule has 6 atom stereocenters. The molecule has 11 aromatic carbocycles.